The van der Waals surface area contributed by atoms with Crippen LogP contribution >= 0.6 is 23.5 Å². The zero-order chi connectivity index (χ0) is 7.78. The second-order valence-corrected chi connectivity index (χ2v) is 6.19. The minimum atomic E-state index is -0.503. The lowest BCUT2D eigenvalue weighted by Crippen LogP contribution is -2.37. The molecule has 1 heterocycles. The molecule has 3 unspecified atom stereocenters. The number of thioether (sulfide) groups is 2. The number of hydrogen-bond donors (Lipinski definition) is 1. The van der Waals surface area contributed by atoms with E-state index in [1.54, 1.807) is 11.8 Å². The number of aliphatic hydroxyl groups is 1. The summed E-state index contributed by atoms with van der Waals surface area (Å²) < 4.78 is 0. The van der Waals surface area contributed by atoms with Gasteiger partial charge in [0, 0.05) is 16.3 Å². The highest BCUT2D eigenvalue weighted by atomic mass is 32.2. The van der Waals surface area contributed by atoms with Gasteiger partial charge in [-0.1, -0.05) is 6.92 Å². The lowest BCUT2D eigenvalue weighted by molar-refractivity contribution is 0.158. The van der Waals surface area contributed by atoms with E-state index in [0.717, 1.165) is 5.75 Å². The largest absolute Gasteiger partial charge is 0.379 e. The van der Waals surface area contributed by atoms with Gasteiger partial charge in [0.25, 0.3) is 0 Å². The first-order valence-corrected chi connectivity index (χ1v) is 5.47. The summed E-state index contributed by atoms with van der Waals surface area (Å²) in [5.41, 5.74) is 0. The van der Waals surface area contributed by atoms with Crippen molar-refractivity contribution >= 4 is 23.5 Å². The third-order valence-corrected chi connectivity index (χ3v) is 5.26. The van der Waals surface area contributed by atoms with Crippen molar-refractivity contribution in [1.29, 1.82) is 0 Å². The lowest BCUT2D eigenvalue weighted by Gasteiger charge is -2.36. The van der Waals surface area contributed by atoms with E-state index in [-0.39, 0.29) is 0 Å². The second kappa shape index (κ2) is 2.95. The van der Waals surface area contributed by atoms with Crippen LogP contribution < -0.4 is 0 Å². The highest BCUT2D eigenvalue weighted by Crippen LogP contribution is 2.41. The Morgan fingerprint density at radius 1 is 1.50 bits per heavy atom. The highest BCUT2D eigenvalue weighted by Gasteiger charge is 2.35. The summed E-state index contributed by atoms with van der Waals surface area (Å²) in [7, 11) is 0. The van der Waals surface area contributed by atoms with E-state index in [1.165, 1.54) is 0 Å². The molecule has 1 aliphatic rings. The number of hydrogen-bond acceptors (Lipinski definition) is 3. The molecule has 1 rings (SSSR count). The van der Waals surface area contributed by atoms with Gasteiger partial charge in [0.1, 0.15) is 4.93 Å². The first kappa shape index (κ1) is 8.75. The molecule has 1 nitrogen and oxygen atoms in total. The Bertz CT molecular complexity index is 125. The van der Waals surface area contributed by atoms with Crippen LogP contribution in [0.4, 0.5) is 0 Å². The number of rotatable bonds is 0. The molecule has 0 radical (unpaired) electrons. The van der Waals surface area contributed by atoms with Gasteiger partial charge >= 0.3 is 0 Å². The fourth-order valence-electron chi connectivity index (χ4n) is 0.917. The summed E-state index contributed by atoms with van der Waals surface area (Å²) in [5, 5.41) is 10.8. The van der Waals surface area contributed by atoms with E-state index in [9.17, 15) is 5.11 Å². The Morgan fingerprint density at radius 3 is 2.50 bits per heavy atom. The molecule has 0 aromatic rings. The minimum Gasteiger partial charge on any atom is -0.379 e. The Kier molecular flexibility index (Phi) is 2.59. The highest BCUT2D eigenvalue weighted by molar-refractivity contribution is 8.07. The average Bonchev–Trinajstić information content (AvgIpc) is 1.81. The van der Waals surface area contributed by atoms with Crippen LogP contribution in [-0.2, 0) is 0 Å². The SMILES string of the molecule is CC1CSC(C)(O)C(C)S1. The zero-order valence-electron chi connectivity index (χ0n) is 6.63. The van der Waals surface area contributed by atoms with E-state index < -0.39 is 4.93 Å². The molecule has 0 aromatic heterocycles. The van der Waals surface area contributed by atoms with Crippen LogP contribution in [0.5, 0.6) is 0 Å². The first-order valence-electron chi connectivity index (χ1n) is 3.54. The molecule has 0 spiro atoms. The minimum absolute atomic E-state index is 0.362. The summed E-state index contributed by atoms with van der Waals surface area (Å²) in [6.07, 6.45) is 0. The van der Waals surface area contributed by atoms with Gasteiger partial charge in [0.05, 0.1) is 0 Å². The molecule has 10 heavy (non-hydrogen) atoms. The van der Waals surface area contributed by atoms with Crippen molar-refractivity contribution in [3.05, 3.63) is 0 Å². The van der Waals surface area contributed by atoms with Crippen LogP contribution in [0.1, 0.15) is 20.8 Å². The van der Waals surface area contributed by atoms with Crippen molar-refractivity contribution in [2.24, 2.45) is 0 Å². The quantitative estimate of drug-likeness (QED) is 0.612. The second-order valence-electron chi connectivity index (χ2n) is 2.95. The Balaban J connectivity index is 2.52. The lowest BCUT2D eigenvalue weighted by atomic mass is 10.3. The van der Waals surface area contributed by atoms with E-state index >= 15 is 0 Å². The standard InChI is InChI=1S/C7H14OS2/c1-5-4-9-7(3,8)6(2)10-5/h5-6,8H,4H2,1-3H3. The van der Waals surface area contributed by atoms with Gasteiger partial charge in [-0.3, -0.25) is 0 Å². The van der Waals surface area contributed by atoms with E-state index in [1.807, 2.05) is 18.7 Å². The summed E-state index contributed by atoms with van der Waals surface area (Å²) in [6, 6.07) is 0. The van der Waals surface area contributed by atoms with Crippen LogP contribution in [0, 0.1) is 0 Å². The van der Waals surface area contributed by atoms with E-state index in [2.05, 4.69) is 13.8 Å². The molecule has 0 bridgehead atoms. The normalized spacial score (nSPS) is 49.2. The van der Waals surface area contributed by atoms with Crippen molar-refractivity contribution in [3.63, 3.8) is 0 Å². The zero-order valence-corrected chi connectivity index (χ0v) is 8.26. The molecular formula is C7H14OS2. The molecule has 60 valence electrons. The molecule has 3 heteroatoms. The predicted octanol–water partition coefficient (Wildman–Crippen LogP) is 1.95. The van der Waals surface area contributed by atoms with Crippen molar-refractivity contribution in [3.8, 4) is 0 Å². The predicted molar refractivity (Wildman–Crippen MR) is 49.6 cm³/mol. The Labute approximate surface area is 71.0 Å². The van der Waals surface area contributed by atoms with Crippen LogP contribution in [0.3, 0.4) is 0 Å². The van der Waals surface area contributed by atoms with Gasteiger partial charge in [-0.15, -0.1) is 11.8 Å². The maximum atomic E-state index is 9.70. The maximum absolute atomic E-state index is 9.70. The molecule has 1 N–H and O–H groups in total. The van der Waals surface area contributed by atoms with Gasteiger partial charge in [0.2, 0.25) is 0 Å². The summed E-state index contributed by atoms with van der Waals surface area (Å²) >= 11 is 3.55. The summed E-state index contributed by atoms with van der Waals surface area (Å²) in [5.74, 6) is 1.07. The van der Waals surface area contributed by atoms with Gasteiger partial charge in [-0.2, -0.15) is 11.8 Å². The fourth-order valence-corrected chi connectivity index (χ4v) is 3.56. The molecule has 1 fully saturated rings. The Hall–Kier alpha value is 0.660. The van der Waals surface area contributed by atoms with Crippen molar-refractivity contribution < 1.29 is 5.11 Å². The first-order chi connectivity index (χ1) is 4.52. The molecule has 1 saturated heterocycles. The average molecular weight is 178 g/mol. The molecule has 0 amide bonds. The summed E-state index contributed by atoms with van der Waals surface area (Å²) in [6.45, 7) is 6.21. The van der Waals surface area contributed by atoms with Gasteiger partial charge in [-0.25, -0.2) is 0 Å². The molecule has 1 aliphatic heterocycles. The van der Waals surface area contributed by atoms with Crippen molar-refractivity contribution in [2.75, 3.05) is 5.75 Å². The molecule has 0 aromatic carbocycles. The van der Waals surface area contributed by atoms with Crippen molar-refractivity contribution in [1.82, 2.24) is 0 Å². The molecule has 3 atom stereocenters. The topological polar surface area (TPSA) is 20.2 Å². The molecular weight excluding hydrogens is 164 g/mol. The third-order valence-electron chi connectivity index (χ3n) is 1.80. The fraction of sp³-hybridized carbons (Fsp3) is 1.00. The van der Waals surface area contributed by atoms with Gasteiger partial charge in [0.15, 0.2) is 0 Å². The van der Waals surface area contributed by atoms with Crippen LogP contribution in [0.15, 0.2) is 0 Å². The molecule has 0 aliphatic carbocycles. The van der Waals surface area contributed by atoms with E-state index in [0.29, 0.717) is 10.5 Å². The monoisotopic (exact) mass is 178 g/mol. The molecule has 0 saturated carbocycles. The van der Waals surface area contributed by atoms with Crippen molar-refractivity contribution in [2.45, 2.75) is 36.2 Å². The van der Waals surface area contributed by atoms with Crippen LogP contribution in [0.2, 0.25) is 0 Å². The Morgan fingerprint density at radius 2 is 2.10 bits per heavy atom. The third kappa shape index (κ3) is 1.83. The van der Waals surface area contributed by atoms with E-state index in [4.69, 9.17) is 0 Å². The van der Waals surface area contributed by atoms with Gasteiger partial charge in [-0.05, 0) is 13.8 Å². The van der Waals surface area contributed by atoms with Gasteiger partial charge < -0.3 is 5.11 Å². The summed E-state index contributed by atoms with van der Waals surface area (Å²) in [4.78, 5) is -0.503. The van der Waals surface area contributed by atoms with Crippen LogP contribution in [-0.4, -0.2) is 26.3 Å². The maximum Gasteiger partial charge on any atom is 0.119 e. The smallest absolute Gasteiger partial charge is 0.119 e. The van der Waals surface area contributed by atoms with Crippen LogP contribution in [0.25, 0.3) is 0 Å².